The summed E-state index contributed by atoms with van der Waals surface area (Å²) in [7, 11) is 0. The Morgan fingerprint density at radius 2 is 1.93 bits per heavy atom. The quantitative estimate of drug-likeness (QED) is 0.830. The van der Waals surface area contributed by atoms with Crippen molar-refractivity contribution in [3.8, 4) is 0 Å². The van der Waals surface area contributed by atoms with Gasteiger partial charge in [0.15, 0.2) is 0 Å². The molecule has 0 radical (unpaired) electrons. The van der Waals surface area contributed by atoms with Crippen molar-refractivity contribution in [3.63, 3.8) is 0 Å². The van der Waals surface area contributed by atoms with E-state index >= 15 is 0 Å². The summed E-state index contributed by atoms with van der Waals surface area (Å²) in [6.45, 7) is 3.40. The molecular formula is C10H11Cl2NO. The molecular weight excluding hydrogens is 221 g/mol. The molecule has 0 aliphatic heterocycles. The van der Waals surface area contributed by atoms with Gasteiger partial charge < -0.3 is 5.32 Å². The van der Waals surface area contributed by atoms with Gasteiger partial charge in [-0.05, 0) is 24.1 Å². The van der Waals surface area contributed by atoms with Gasteiger partial charge in [0.2, 0.25) is 5.91 Å². The molecule has 0 saturated carbocycles. The van der Waals surface area contributed by atoms with E-state index in [1.807, 2.05) is 6.92 Å². The molecule has 1 aromatic carbocycles. The summed E-state index contributed by atoms with van der Waals surface area (Å²) in [5.74, 6) is -0.149. The van der Waals surface area contributed by atoms with Crippen molar-refractivity contribution < 1.29 is 4.79 Å². The van der Waals surface area contributed by atoms with Crippen LogP contribution in [0.5, 0.6) is 0 Å². The van der Waals surface area contributed by atoms with E-state index in [2.05, 4.69) is 5.32 Å². The highest BCUT2D eigenvalue weighted by Gasteiger charge is 2.10. The van der Waals surface area contributed by atoms with E-state index in [-0.39, 0.29) is 5.91 Å². The Balaban J connectivity index is 3.22. The van der Waals surface area contributed by atoms with Crippen LogP contribution in [0.3, 0.4) is 0 Å². The molecule has 0 aromatic heterocycles. The number of hydrogen-bond acceptors (Lipinski definition) is 1. The summed E-state index contributed by atoms with van der Waals surface area (Å²) < 4.78 is 0. The van der Waals surface area contributed by atoms with Crippen molar-refractivity contribution in [2.24, 2.45) is 0 Å². The van der Waals surface area contributed by atoms with Gasteiger partial charge >= 0.3 is 0 Å². The highest BCUT2D eigenvalue weighted by Crippen LogP contribution is 2.32. The molecule has 0 bridgehead atoms. The molecule has 0 unspecified atom stereocenters. The van der Waals surface area contributed by atoms with Crippen LogP contribution in [0, 0.1) is 0 Å². The maximum absolute atomic E-state index is 10.9. The predicted octanol–water partition coefficient (Wildman–Crippen LogP) is 3.51. The van der Waals surface area contributed by atoms with Crippen LogP contribution in [-0.2, 0) is 11.2 Å². The first-order chi connectivity index (χ1) is 6.56. The first kappa shape index (κ1) is 11.3. The lowest BCUT2D eigenvalue weighted by atomic mass is 10.1. The number of anilines is 1. The molecule has 1 rings (SSSR count). The summed E-state index contributed by atoms with van der Waals surface area (Å²) in [5.41, 5.74) is 1.49. The maximum Gasteiger partial charge on any atom is 0.221 e. The molecule has 1 aromatic rings. The van der Waals surface area contributed by atoms with Gasteiger partial charge in [-0.25, -0.2) is 0 Å². The van der Waals surface area contributed by atoms with Crippen molar-refractivity contribution in [2.45, 2.75) is 20.3 Å². The third-order valence-electron chi connectivity index (χ3n) is 1.86. The molecule has 0 fully saturated rings. The second-order valence-electron chi connectivity index (χ2n) is 2.92. The van der Waals surface area contributed by atoms with Crippen molar-refractivity contribution in [1.82, 2.24) is 0 Å². The van der Waals surface area contributed by atoms with Crippen molar-refractivity contribution in [3.05, 3.63) is 27.7 Å². The zero-order chi connectivity index (χ0) is 10.7. The lowest BCUT2D eigenvalue weighted by Gasteiger charge is -2.11. The molecule has 0 saturated heterocycles. The summed E-state index contributed by atoms with van der Waals surface area (Å²) in [6.07, 6.45) is 0.731. The Morgan fingerprint density at radius 3 is 2.43 bits per heavy atom. The average Bonchev–Trinajstić information content (AvgIpc) is 2.11. The minimum Gasteiger partial charge on any atom is -0.325 e. The van der Waals surface area contributed by atoms with Crippen LogP contribution in [0.4, 0.5) is 5.69 Å². The Labute approximate surface area is 93.2 Å². The maximum atomic E-state index is 10.9. The highest BCUT2D eigenvalue weighted by molar-refractivity contribution is 6.36. The second kappa shape index (κ2) is 4.67. The van der Waals surface area contributed by atoms with E-state index in [4.69, 9.17) is 23.2 Å². The molecule has 2 nitrogen and oxygen atoms in total. The molecule has 1 N–H and O–H groups in total. The number of halogens is 2. The van der Waals surface area contributed by atoms with E-state index in [0.29, 0.717) is 15.7 Å². The van der Waals surface area contributed by atoms with Gasteiger partial charge in [-0.3, -0.25) is 4.79 Å². The van der Waals surface area contributed by atoms with Gasteiger partial charge in [-0.2, -0.15) is 0 Å². The Bertz CT molecular complexity index is 363. The number of benzene rings is 1. The minimum atomic E-state index is -0.149. The van der Waals surface area contributed by atoms with Gasteiger partial charge in [0, 0.05) is 11.9 Å². The first-order valence-corrected chi connectivity index (χ1v) is 5.06. The zero-order valence-corrected chi connectivity index (χ0v) is 9.54. The first-order valence-electron chi connectivity index (χ1n) is 4.30. The van der Waals surface area contributed by atoms with Crippen LogP contribution in [0.15, 0.2) is 12.1 Å². The summed E-state index contributed by atoms with van der Waals surface area (Å²) in [4.78, 5) is 10.9. The Kier molecular flexibility index (Phi) is 3.78. The van der Waals surface area contributed by atoms with Crippen molar-refractivity contribution in [2.75, 3.05) is 5.32 Å². The van der Waals surface area contributed by atoms with Gasteiger partial charge in [0.05, 0.1) is 10.7 Å². The normalized spacial score (nSPS) is 10.0. The van der Waals surface area contributed by atoms with Crippen LogP contribution >= 0.6 is 23.2 Å². The lowest BCUT2D eigenvalue weighted by Crippen LogP contribution is -2.08. The SMILES string of the molecule is CCc1c(Cl)ccc(Cl)c1NC(C)=O. The topological polar surface area (TPSA) is 29.1 Å². The predicted molar refractivity (Wildman–Crippen MR) is 60.1 cm³/mol. The number of rotatable bonds is 2. The van der Waals surface area contributed by atoms with Crippen LogP contribution in [0.25, 0.3) is 0 Å². The van der Waals surface area contributed by atoms with E-state index < -0.39 is 0 Å². The third-order valence-corrected chi connectivity index (χ3v) is 2.53. The lowest BCUT2D eigenvalue weighted by molar-refractivity contribution is -0.114. The number of hydrogen-bond donors (Lipinski definition) is 1. The smallest absolute Gasteiger partial charge is 0.221 e. The number of amides is 1. The van der Waals surface area contributed by atoms with Crippen LogP contribution in [0.2, 0.25) is 10.0 Å². The van der Waals surface area contributed by atoms with Crippen LogP contribution in [0.1, 0.15) is 19.4 Å². The van der Waals surface area contributed by atoms with Gasteiger partial charge in [0.1, 0.15) is 0 Å². The molecule has 76 valence electrons. The van der Waals surface area contributed by atoms with E-state index in [1.54, 1.807) is 12.1 Å². The molecule has 1 amide bonds. The molecule has 0 atom stereocenters. The monoisotopic (exact) mass is 231 g/mol. The fourth-order valence-corrected chi connectivity index (χ4v) is 1.77. The van der Waals surface area contributed by atoms with Gasteiger partial charge in [-0.1, -0.05) is 30.1 Å². The van der Waals surface area contributed by atoms with Crippen molar-refractivity contribution in [1.29, 1.82) is 0 Å². The summed E-state index contributed by atoms with van der Waals surface area (Å²) in [5, 5.41) is 3.82. The molecule has 0 aliphatic rings. The van der Waals surface area contributed by atoms with Crippen LogP contribution < -0.4 is 5.32 Å². The number of nitrogens with one attached hydrogen (secondary N) is 1. The zero-order valence-electron chi connectivity index (χ0n) is 8.03. The fraction of sp³-hybridized carbons (Fsp3) is 0.300. The van der Waals surface area contributed by atoms with Crippen molar-refractivity contribution >= 4 is 34.8 Å². The summed E-state index contributed by atoms with van der Waals surface area (Å²) in [6, 6.07) is 3.41. The second-order valence-corrected chi connectivity index (χ2v) is 3.73. The van der Waals surface area contributed by atoms with E-state index in [0.717, 1.165) is 12.0 Å². The Morgan fingerprint density at radius 1 is 1.36 bits per heavy atom. The average molecular weight is 232 g/mol. The standard InChI is InChI=1S/C10H11Cl2NO/c1-3-7-8(11)4-5-9(12)10(7)13-6(2)14/h4-5H,3H2,1-2H3,(H,13,14). The molecule has 0 aliphatic carbocycles. The largest absolute Gasteiger partial charge is 0.325 e. The third kappa shape index (κ3) is 2.40. The van der Waals surface area contributed by atoms with E-state index in [9.17, 15) is 4.79 Å². The van der Waals surface area contributed by atoms with Crippen LogP contribution in [-0.4, -0.2) is 5.91 Å². The van der Waals surface area contributed by atoms with E-state index in [1.165, 1.54) is 6.92 Å². The van der Waals surface area contributed by atoms with Gasteiger partial charge in [-0.15, -0.1) is 0 Å². The number of carbonyl (C=O) groups is 1. The highest BCUT2D eigenvalue weighted by atomic mass is 35.5. The summed E-state index contributed by atoms with van der Waals surface area (Å²) >= 11 is 11.9. The van der Waals surface area contributed by atoms with Gasteiger partial charge in [0.25, 0.3) is 0 Å². The molecule has 0 spiro atoms. The minimum absolute atomic E-state index is 0.149. The molecule has 4 heteroatoms. The molecule has 0 heterocycles. The molecule has 14 heavy (non-hydrogen) atoms. The fourth-order valence-electron chi connectivity index (χ4n) is 1.25. The number of carbonyl (C=O) groups excluding carboxylic acids is 1. The Hall–Kier alpha value is -0.730.